The molecule has 0 saturated heterocycles. The zero-order valence-electron chi connectivity index (χ0n) is 7.50. The van der Waals surface area contributed by atoms with Crippen LogP contribution in [0.2, 0.25) is 0 Å². The molecule has 0 heterocycles. The van der Waals surface area contributed by atoms with Crippen molar-refractivity contribution < 1.29 is 0 Å². The molecule has 0 spiro atoms. The summed E-state index contributed by atoms with van der Waals surface area (Å²) in [4.78, 5) is 0. The summed E-state index contributed by atoms with van der Waals surface area (Å²) in [6.07, 6.45) is 0. The van der Waals surface area contributed by atoms with Crippen molar-refractivity contribution in [3.63, 3.8) is 0 Å². The first kappa shape index (κ1) is 7.59. The van der Waals surface area contributed by atoms with Gasteiger partial charge in [-0.3, -0.25) is 0 Å². The molecule has 1 rings (SSSR count). The van der Waals surface area contributed by atoms with Gasteiger partial charge >= 0.3 is 0 Å². The van der Waals surface area contributed by atoms with E-state index in [1.807, 2.05) is 0 Å². The molecule has 0 nitrogen and oxygen atoms in total. The molecule has 0 heteroatoms. The van der Waals surface area contributed by atoms with E-state index in [1.54, 1.807) is 0 Å². The molecule has 0 aliphatic heterocycles. The molecule has 1 aliphatic rings. The van der Waals surface area contributed by atoms with E-state index in [0.29, 0.717) is 0 Å². The standard InChI is InChI=1S/C10H15/c1-6-7(2)9(4)10(5)8(6)3/h1-5H3. The molecule has 0 saturated carbocycles. The van der Waals surface area contributed by atoms with E-state index in [9.17, 15) is 0 Å². The lowest BCUT2D eigenvalue weighted by Crippen LogP contribution is -1.89. The van der Waals surface area contributed by atoms with E-state index < -0.39 is 0 Å². The molecule has 55 valence electrons. The monoisotopic (exact) mass is 135 g/mol. The summed E-state index contributed by atoms with van der Waals surface area (Å²) in [6.45, 7) is 11.0. The van der Waals surface area contributed by atoms with Crippen LogP contribution in [0.15, 0.2) is 22.3 Å². The zero-order chi connectivity index (χ0) is 7.89. The molecule has 1 aliphatic carbocycles. The second-order valence-electron chi connectivity index (χ2n) is 3.12. The molecule has 1 radical (unpaired) electrons. The first-order chi connectivity index (χ1) is 4.55. The maximum Gasteiger partial charge on any atom is 0.0226 e. The highest BCUT2D eigenvalue weighted by Crippen LogP contribution is 2.37. The van der Waals surface area contributed by atoms with Crippen LogP contribution >= 0.6 is 0 Å². The minimum absolute atomic E-state index is 1.47. The summed E-state index contributed by atoms with van der Waals surface area (Å²) >= 11 is 0. The zero-order valence-corrected chi connectivity index (χ0v) is 7.50. The average molecular weight is 135 g/mol. The lowest BCUT2D eigenvalue weighted by molar-refractivity contribution is 1.14. The summed E-state index contributed by atoms with van der Waals surface area (Å²) in [5, 5.41) is 0. The number of hydrogen-bond acceptors (Lipinski definition) is 0. The number of allylic oxidation sites excluding steroid dienone is 4. The lowest BCUT2D eigenvalue weighted by atomic mass is 10.00. The summed E-state index contributed by atoms with van der Waals surface area (Å²) in [6, 6.07) is 0. The van der Waals surface area contributed by atoms with Crippen LogP contribution in [0.25, 0.3) is 0 Å². The fraction of sp³-hybridized carbons (Fsp3) is 0.500. The molecule has 0 aromatic heterocycles. The fourth-order valence-corrected chi connectivity index (χ4v) is 1.41. The van der Waals surface area contributed by atoms with Gasteiger partial charge in [0.2, 0.25) is 0 Å². The Morgan fingerprint density at radius 3 is 0.900 bits per heavy atom. The van der Waals surface area contributed by atoms with Crippen molar-refractivity contribution in [1.82, 2.24) is 0 Å². The van der Waals surface area contributed by atoms with Crippen molar-refractivity contribution >= 4 is 0 Å². The predicted octanol–water partition coefficient (Wildman–Crippen LogP) is 3.27. The van der Waals surface area contributed by atoms with Crippen LogP contribution < -0.4 is 0 Å². The maximum atomic E-state index is 2.20. The van der Waals surface area contributed by atoms with Gasteiger partial charge in [-0.1, -0.05) is 18.1 Å². The highest BCUT2D eigenvalue weighted by molar-refractivity contribution is 5.56. The lowest BCUT2D eigenvalue weighted by Gasteiger charge is -2.04. The molecule has 10 heavy (non-hydrogen) atoms. The minimum Gasteiger partial charge on any atom is -0.0589 e. The summed E-state index contributed by atoms with van der Waals surface area (Å²) in [5.41, 5.74) is 5.87. The van der Waals surface area contributed by atoms with Gasteiger partial charge in [-0.05, 0) is 38.8 Å². The summed E-state index contributed by atoms with van der Waals surface area (Å²) in [7, 11) is 0. The third-order valence-electron chi connectivity index (χ3n) is 2.81. The molecule has 0 amide bonds. The van der Waals surface area contributed by atoms with Crippen LogP contribution in [0.4, 0.5) is 0 Å². The molecule has 0 fully saturated rings. The van der Waals surface area contributed by atoms with Gasteiger partial charge in [0.05, 0.1) is 0 Å². The van der Waals surface area contributed by atoms with Crippen molar-refractivity contribution in [1.29, 1.82) is 0 Å². The maximum absolute atomic E-state index is 2.20. The van der Waals surface area contributed by atoms with Gasteiger partial charge in [-0.2, -0.15) is 0 Å². The second-order valence-corrected chi connectivity index (χ2v) is 3.12. The number of rotatable bonds is 0. The van der Waals surface area contributed by atoms with Gasteiger partial charge in [-0.25, -0.2) is 0 Å². The minimum atomic E-state index is 1.47. The van der Waals surface area contributed by atoms with Crippen molar-refractivity contribution in [2.24, 2.45) is 0 Å². The largest absolute Gasteiger partial charge is 0.0589 e. The third kappa shape index (κ3) is 0.828. The highest BCUT2D eigenvalue weighted by Gasteiger charge is 2.19. The van der Waals surface area contributed by atoms with E-state index in [0.717, 1.165) is 0 Å². The van der Waals surface area contributed by atoms with Crippen molar-refractivity contribution in [2.45, 2.75) is 34.6 Å². The highest BCUT2D eigenvalue weighted by atomic mass is 14.2. The Labute approximate surface area is 63.6 Å². The average Bonchev–Trinajstić information content (AvgIpc) is 2.07. The van der Waals surface area contributed by atoms with E-state index in [2.05, 4.69) is 34.6 Å². The third-order valence-corrected chi connectivity index (χ3v) is 2.81. The Morgan fingerprint density at radius 1 is 0.500 bits per heavy atom. The first-order valence-corrected chi connectivity index (χ1v) is 3.75. The van der Waals surface area contributed by atoms with Gasteiger partial charge in [0.1, 0.15) is 0 Å². The molecule has 0 aromatic carbocycles. The molecule has 0 aromatic rings. The summed E-state index contributed by atoms with van der Waals surface area (Å²) in [5.74, 6) is 1.47. The SMILES string of the molecule is C[C]1C(C)=C(C)C(C)=C1C. The Balaban J connectivity index is 3.09. The van der Waals surface area contributed by atoms with Crippen LogP contribution in [-0.2, 0) is 0 Å². The molecular formula is C10H15. The van der Waals surface area contributed by atoms with Gasteiger partial charge in [-0.15, -0.1) is 0 Å². The molecule has 0 N–H and O–H groups in total. The van der Waals surface area contributed by atoms with Gasteiger partial charge in [0, 0.05) is 5.92 Å². The summed E-state index contributed by atoms with van der Waals surface area (Å²) < 4.78 is 0. The topological polar surface area (TPSA) is 0 Å². The normalized spacial score (nSPS) is 21.3. The Morgan fingerprint density at radius 2 is 0.800 bits per heavy atom. The van der Waals surface area contributed by atoms with Crippen LogP contribution in [-0.4, -0.2) is 0 Å². The van der Waals surface area contributed by atoms with Crippen LogP contribution in [0.1, 0.15) is 34.6 Å². The van der Waals surface area contributed by atoms with Crippen molar-refractivity contribution in [2.75, 3.05) is 0 Å². The van der Waals surface area contributed by atoms with Gasteiger partial charge in [0.15, 0.2) is 0 Å². The number of hydrogen-bond donors (Lipinski definition) is 0. The van der Waals surface area contributed by atoms with E-state index in [-0.39, 0.29) is 0 Å². The van der Waals surface area contributed by atoms with E-state index in [1.165, 1.54) is 28.2 Å². The van der Waals surface area contributed by atoms with Crippen LogP contribution in [0, 0.1) is 5.92 Å². The Kier molecular flexibility index (Phi) is 1.72. The molecule has 0 atom stereocenters. The van der Waals surface area contributed by atoms with E-state index in [4.69, 9.17) is 0 Å². The smallest absolute Gasteiger partial charge is 0.0226 e. The van der Waals surface area contributed by atoms with Crippen LogP contribution in [0.5, 0.6) is 0 Å². The van der Waals surface area contributed by atoms with Crippen molar-refractivity contribution in [3.05, 3.63) is 28.2 Å². The van der Waals surface area contributed by atoms with Gasteiger partial charge in [0.25, 0.3) is 0 Å². The van der Waals surface area contributed by atoms with Gasteiger partial charge < -0.3 is 0 Å². The fourth-order valence-electron chi connectivity index (χ4n) is 1.41. The van der Waals surface area contributed by atoms with Crippen LogP contribution in [0.3, 0.4) is 0 Å². The quantitative estimate of drug-likeness (QED) is 0.478. The Hall–Kier alpha value is -0.520. The second kappa shape index (κ2) is 2.26. The van der Waals surface area contributed by atoms with E-state index >= 15 is 0 Å². The molecule has 0 unspecified atom stereocenters. The Bertz CT molecular complexity index is 192. The predicted molar refractivity (Wildman–Crippen MR) is 45.7 cm³/mol. The van der Waals surface area contributed by atoms with Crippen molar-refractivity contribution in [3.8, 4) is 0 Å². The first-order valence-electron chi connectivity index (χ1n) is 3.75. The molecular weight excluding hydrogens is 120 g/mol. The molecule has 0 bridgehead atoms.